The zero-order chi connectivity index (χ0) is 29.3. The number of esters is 1. The lowest BCUT2D eigenvalue weighted by Crippen LogP contribution is -2.59. The van der Waals surface area contributed by atoms with Gasteiger partial charge < -0.3 is 25.0 Å². The van der Waals surface area contributed by atoms with Gasteiger partial charge in [-0.05, 0) is 46.5 Å². The molecule has 39 heavy (non-hydrogen) atoms. The van der Waals surface area contributed by atoms with Gasteiger partial charge in [0.05, 0.1) is 24.5 Å². The van der Waals surface area contributed by atoms with Crippen molar-refractivity contribution in [3.63, 3.8) is 0 Å². The van der Waals surface area contributed by atoms with Crippen molar-refractivity contribution in [2.75, 3.05) is 13.2 Å². The van der Waals surface area contributed by atoms with Crippen LogP contribution in [0.25, 0.3) is 0 Å². The highest BCUT2D eigenvalue weighted by Crippen LogP contribution is 2.46. The van der Waals surface area contributed by atoms with Gasteiger partial charge in [0.2, 0.25) is 11.8 Å². The van der Waals surface area contributed by atoms with E-state index in [0.29, 0.717) is 12.1 Å². The maximum atomic E-state index is 14.0. The first kappa shape index (κ1) is 30.1. The monoisotopic (exact) mass is 546 g/mol. The molecule has 2 heterocycles. The third kappa shape index (κ3) is 6.77. The Morgan fingerprint density at radius 1 is 1.23 bits per heavy atom. The van der Waals surface area contributed by atoms with E-state index in [4.69, 9.17) is 9.47 Å². The number of carbonyl (C=O) groups is 4. The van der Waals surface area contributed by atoms with Crippen LogP contribution in [-0.2, 0) is 23.9 Å². The fourth-order valence-electron chi connectivity index (χ4n) is 4.81. The molecule has 0 spiro atoms. The molecule has 12 heteroatoms. The zero-order valence-electron chi connectivity index (χ0n) is 24.2. The Hall–Kier alpha value is -3.44. The Morgan fingerprint density at radius 3 is 2.38 bits per heavy atom. The maximum absolute atomic E-state index is 14.0. The zero-order valence-corrected chi connectivity index (χ0v) is 24.2. The molecule has 0 aromatic carbocycles. The van der Waals surface area contributed by atoms with E-state index in [1.54, 1.807) is 46.9 Å². The summed E-state index contributed by atoms with van der Waals surface area (Å²) in [7, 11) is 0. The summed E-state index contributed by atoms with van der Waals surface area (Å²) in [6.07, 6.45) is 3.10. The summed E-state index contributed by atoms with van der Waals surface area (Å²) in [5.74, 6) is -1.73. The molecule has 0 unspecified atom stereocenters. The lowest BCUT2D eigenvalue weighted by Gasteiger charge is -2.36. The van der Waals surface area contributed by atoms with Gasteiger partial charge in [0.25, 0.3) is 0 Å². The fourth-order valence-corrected chi connectivity index (χ4v) is 4.81. The Bertz CT molecular complexity index is 1120. The van der Waals surface area contributed by atoms with E-state index >= 15 is 0 Å². The molecule has 3 rings (SSSR count). The van der Waals surface area contributed by atoms with E-state index in [9.17, 15) is 19.2 Å². The molecule has 1 aliphatic heterocycles. The summed E-state index contributed by atoms with van der Waals surface area (Å²) in [4.78, 5) is 56.2. The second kappa shape index (κ2) is 11.0. The number of rotatable bonds is 8. The summed E-state index contributed by atoms with van der Waals surface area (Å²) in [5, 5.41) is 14.3. The van der Waals surface area contributed by atoms with Crippen LogP contribution < -0.4 is 10.6 Å². The molecule has 0 radical (unpaired) electrons. The van der Waals surface area contributed by atoms with Gasteiger partial charge in [-0.25, -0.2) is 9.59 Å². The smallest absolute Gasteiger partial charge is 0.408 e. The maximum Gasteiger partial charge on any atom is 0.408 e. The largest absolute Gasteiger partial charge is 0.464 e. The van der Waals surface area contributed by atoms with Crippen LogP contribution in [0.4, 0.5) is 4.79 Å². The molecule has 2 N–H and O–H groups in total. The van der Waals surface area contributed by atoms with Crippen molar-refractivity contribution in [1.29, 1.82) is 0 Å². The van der Waals surface area contributed by atoms with E-state index in [-0.39, 0.29) is 31.5 Å². The molecule has 2 aliphatic rings. The van der Waals surface area contributed by atoms with Crippen LogP contribution in [0.2, 0.25) is 0 Å². The molecule has 1 aromatic heterocycles. The van der Waals surface area contributed by atoms with Gasteiger partial charge >= 0.3 is 12.1 Å². The van der Waals surface area contributed by atoms with E-state index in [2.05, 4.69) is 27.4 Å². The minimum atomic E-state index is -1.21. The molecule has 1 saturated heterocycles. The van der Waals surface area contributed by atoms with Crippen LogP contribution >= 0.6 is 0 Å². The Kier molecular flexibility index (Phi) is 8.47. The predicted molar refractivity (Wildman–Crippen MR) is 142 cm³/mol. The number of alkyl carbamates (subject to hydrolysis) is 1. The van der Waals surface area contributed by atoms with Gasteiger partial charge in [0, 0.05) is 18.9 Å². The SMILES string of the molecule is C=C[C@@H]1C[C@]1(NC(=O)[C@@H]1C[C@@H](n2ncc(C)n2)CN1C(=O)[C@@H](NC(=O)OC(C)(C)C)C(C)(C)C)C(=O)OCC. The minimum absolute atomic E-state index is 0.144. The van der Waals surface area contributed by atoms with Crippen molar-refractivity contribution >= 4 is 23.9 Å². The van der Waals surface area contributed by atoms with Gasteiger partial charge in [-0.3, -0.25) is 9.59 Å². The first-order valence-electron chi connectivity index (χ1n) is 13.3. The number of carbonyl (C=O) groups excluding carboxylic acids is 4. The number of likely N-dealkylation sites (tertiary alicyclic amines) is 1. The number of aromatic nitrogens is 3. The third-order valence-electron chi connectivity index (χ3n) is 6.87. The van der Waals surface area contributed by atoms with Crippen LogP contribution in [-0.4, -0.2) is 80.1 Å². The molecule has 12 nitrogen and oxygen atoms in total. The Balaban J connectivity index is 1.91. The van der Waals surface area contributed by atoms with Crippen molar-refractivity contribution in [2.45, 2.75) is 97.5 Å². The summed E-state index contributed by atoms with van der Waals surface area (Å²) < 4.78 is 10.6. The lowest BCUT2D eigenvalue weighted by atomic mass is 9.85. The average Bonchev–Trinajstić information content (AvgIpc) is 3.12. The van der Waals surface area contributed by atoms with Crippen molar-refractivity contribution < 1.29 is 28.7 Å². The lowest BCUT2D eigenvalue weighted by molar-refractivity contribution is -0.150. The van der Waals surface area contributed by atoms with Gasteiger partial charge in [0.15, 0.2) is 0 Å². The van der Waals surface area contributed by atoms with E-state index in [1.165, 1.54) is 9.70 Å². The Morgan fingerprint density at radius 2 is 1.90 bits per heavy atom. The van der Waals surface area contributed by atoms with Gasteiger partial charge in [-0.15, -0.1) is 6.58 Å². The number of nitrogens with one attached hydrogen (secondary N) is 2. The Labute approximate surface area is 229 Å². The topological polar surface area (TPSA) is 145 Å². The highest BCUT2D eigenvalue weighted by molar-refractivity contribution is 5.96. The molecule has 5 atom stereocenters. The van der Waals surface area contributed by atoms with Crippen molar-refractivity contribution in [3.05, 3.63) is 24.5 Å². The van der Waals surface area contributed by atoms with E-state index in [1.807, 2.05) is 20.8 Å². The first-order valence-corrected chi connectivity index (χ1v) is 13.3. The highest BCUT2D eigenvalue weighted by Gasteiger charge is 2.62. The molecular weight excluding hydrogens is 504 g/mol. The number of hydrogen-bond acceptors (Lipinski definition) is 8. The quantitative estimate of drug-likeness (QED) is 0.373. The van der Waals surface area contributed by atoms with Crippen LogP contribution in [0.5, 0.6) is 0 Å². The minimum Gasteiger partial charge on any atom is -0.464 e. The second-order valence-electron chi connectivity index (χ2n) is 12.4. The second-order valence-corrected chi connectivity index (χ2v) is 12.4. The standard InChI is InChI=1S/C27H42N6O6/c1-10-17-13-27(17,23(36)38-11-2)30-21(34)19-12-18(33-28-14-16(3)31-33)15-32(19)22(35)20(25(4,5)6)29-24(37)39-26(7,8)9/h10,14,17-20H,1,11-13,15H2,2-9H3,(H,29,37)(H,30,34)/t17-,18-,19+,20-,27-/m1/s1. The molecule has 3 amide bonds. The molecule has 1 aliphatic carbocycles. The van der Waals surface area contributed by atoms with Gasteiger partial charge in [0.1, 0.15) is 23.2 Å². The number of hydrogen-bond donors (Lipinski definition) is 2. The average molecular weight is 547 g/mol. The molecule has 1 aromatic rings. The first-order chi connectivity index (χ1) is 18.0. The number of ether oxygens (including phenoxy) is 2. The van der Waals surface area contributed by atoms with Crippen LogP contribution in [0.1, 0.15) is 73.0 Å². The van der Waals surface area contributed by atoms with E-state index < -0.39 is 52.5 Å². The summed E-state index contributed by atoms with van der Waals surface area (Å²) in [6, 6.07) is -2.31. The molecule has 2 fully saturated rings. The van der Waals surface area contributed by atoms with Crippen molar-refractivity contribution in [1.82, 2.24) is 30.5 Å². The van der Waals surface area contributed by atoms with Gasteiger partial charge in [-0.2, -0.15) is 15.0 Å². The summed E-state index contributed by atoms with van der Waals surface area (Å²) >= 11 is 0. The summed E-state index contributed by atoms with van der Waals surface area (Å²) in [5.41, 5.74) is -1.97. The molecular formula is C27H42N6O6. The summed E-state index contributed by atoms with van der Waals surface area (Å²) in [6.45, 7) is 18.3. The number of aryl methyl sites for hydroxylation is 1. The highest BCUT2D eigenvalue weighted by atomic mass is 16.6. The fraction of sp³-hybridized carbons (Fsp3) is 0.704. The van der Waals surface area contributed by atoms with Crippen LogP contribution in [0.3, 0.4) is 0 Å². The van der Waals surface area contributed by atoms with Crippen LogP contribution in [0, 0.1) is 18.3 Å². The van der Waals surface area contributed by atoms with Crippen LogP contribution in [0.15, 0.2) is 18.9 Å². The number of nitrogens with zero attached hydrogens (tertiary/aromatic N) is 4. The molecule has 0 bridgehead atoms. The third-order valence-corrected chi connectivity index (χ3v) is 6.87. The normalized spacial score (nSPS) is 25.4. The molecule has 216 valence electrons. The predicted octanol–water partition coefficient (Wildman–Crippen LogP) is 2.29. The van der Waals surface area contributed by atoms with Gasteiger partial charge in [-0.1, -0.05) is 26.8 Å². The van der Waals surface area contributed by atoms with Crippen molar-refractivity contribution in [2.24, 2.45) is 11.3 Å². The molecule has 1 saturated carbocycles. The number of amides is 3. The van der Waals surface area contributed by atoms with Crippen molar-refractivity contribution in [3.8, 4) is 0 Å². The van der Waals surface area contributed by atoms with E-state index in [0.717, 1.165) is 0 Å².